The number of nitrogens with one attached hydrogen (secondary N) is 2. The molecule has 28 heavy (non-hydrogen) atoms. The Bertz CT molecular complexity index is 641. The third-order valence-electron chi connectivity index (χ3n) is 5.35. The first-order chi connectivity index (χ1) is 13.5. The minimum atomic E-state index is 0.225. The topological polar surface area (TPSA) is 60.0 Å². The summed E-state index contributed by atoms with van der Waals surface area (Å²) < 4.78 is 0. The van der Waals surface area contributed by atoms with Gasteiger partial charge in [0.15, 0.2) is 5.96 Å². The molecule has 2 unspecified atom stereocenters. The van der Waals surface area contributed by atoms with Gasteiger partial charge in [-0.1, -0.05) is 38.1 Å². The van der Waals surface area contributed by atoms with Gasteiger partial charge in [0.25, 0.3) is 0 Å². The lowest BCUT2D eigenvalue weighted by Crippen LogP contribution is -2.45. The van der Waals surface area contributed by atoms with E-state index in [1.54, 1.807) is 0 Å². The lowest BCUT2D eigenvalue weighted by atomic mass is 10.0. The first kappa shape index (κ1) is 22.2. The van der Waals surface area contributed by atoms with Crippen LogP contribution < -0.4 is 10.6 Å². The van der Waals surface area contributed by atoms with Crippen LogP contribution in [0.25, 0.3) is 0 Å². The molecule has 6 nitrogen and oxygen atoms in total. The SMILES string of the molecule is CCNC(=NCC(c1ccc(CC)cc1)N(C)C)NC1CCN(C(=O)CC)C1. The highest BCUT2D eigenvalue weighted by molar-refractivity contribution is 5.80. The van der Waals surface area contributed by atoms with Gasteiger partial charge >= 0.3 is 0 Å². The Balaban J connectivity index is 2.03. The molecule has 1 aliphatic heterocycles. The van der Waals surface area contributed by atoms with Crippen molar-refractivity contribution in [3.63, 3.8) is 0 Å². The van der Waals surface area contributed by atoms with Crippen molar-refractivity contribution in [3.05, 3.63) is 35.4 Å². The van der Waals surface area contributed by atoms with E-state index in [1.807, 2.05) is 11.8 Å². The molecular formula is C22H37N5O. The molecule has 1 amide bonds. The van der Waals surface area contributed by atoms with Crippen LogP contribution in [0.1, 0.15) is 50.8 Å². The number of carbonyl (C=O) groups is 1. The first-order valence-corrected chi connectivity index (χ1v) is 10.6. The van der Waals surface area contributed by atoms with E-state index in [2.05, 4.69) is 67.7 Å². The zero-order valence-electron chi connectivity index (χ0n) is 18.2. The average molecular weight is 388 g/mol. The van der Waals surface area contributed by atoms with Crippen LogP contribution in [-0.4, -0.2) is 68.0 Å². The number of carbonyl (C=O) groups excluding carboxylic acids is 1. The maximum atomic E-state index is 11.9. The molecular weight excluding hydrogens is 350 g/mol. The molecule has 1 heterocycles. The van der Waals surface area contributed by atoms with Gasteiger partial charge in [0.05, 0.1) is 12.6 Å². The van der Waals surface area contributed by atoms with Gasteiger partial charge in [0, 0.05) is 32.1 Å². The van der Waals surface area contributed by atoms with Crippen LogP contribution >= 0.6 is 0 Å². The van der Waals surface area contributed by atoms with E-state index < -0.39 is 0 Å². The number of likely N-dealkylation sites (N-methyl/N-ethyl adjacent to an activating group) is 1. The molecule has 0 aliphatic carbocycles. The Morgan fingerprint density at radius 2 is 1.96 bits per heavy atom. The standard InChI is InChI=1S/C22H37N5O/c1-6-17-9-11-18(12-10-17)20(26(4)5)15-24-22(23-8-3)25-19-13-14-27(16-19)21(28)7-2/h9-12,19-20H,6-8,13-16H2,1-5H3,(H2,23,24,25). The summed E-state index contributed by atoms with van der Waals surface area (Å²) in [6.07, 6.45) is 2.59. The molecule has 0 radical (unpaired) electrons. The van der Waals surface area contributed by atoms with Gasteiger partial charge in [-0.3, -0.25) is 9.79 Å². The molecule has 2 atom stereocenters. The van der Waals surface area contributed by atoms with E-state index in [4.69, 9.17) is 4.99 Å². The summed E-state index contributed by atoms with van der Waals surface area (Å²) in [5.74, 6) is 1.06. The van der Waals surface area contributed by atoms with E-state index in [0.717, 1.165) is 38.4 Å². The highest BCUT2D eigenvalue weighted by Crippen LogP contribution is 2.19. The van der Waals surface area contributed by atoms with Crippen molar-refractivity contribution in [3.8, 4) is 0 Å². The summed E-state index contributed by atoms with van der Waals surface area (Å²) in [7, 11) is 4.19. The molecule has 156 valence electrons. The summed E-state index contributed by atoms with van der Waals surface area (Å²) in [5, 5.41) is 6.86. The summed E-state index contributed by atoms with van der Waals surface area (Å²) in [5.41, 5.74) is 2.63. The molecule has 1 saturated heterocycles. The fourth-order valence-electron chi connectivity index (χ4n) is 3.56. The summed E-state index contributed by atoms with van der Waals surface area (Å²) >= 11 is 0. The normalized spacial score (nSPS) is 18.4. The highest BCUT2D eigenvalue weighted by Gasteiger charge is 2.26. The molecule has 2 rings (SSSR count). The highest BCUT2D eigenvalue weighted by atomic mass is 16.2. The van der Waals surface area contributed by atoms with Crippen molar-refractivity contribution in [2.24, 2.45) is 4.99 Å². The second-order valence-corrected chi connectivity index (χ2v) is 7.62. The van der Waals surface area contributed by atoms with E-state index in [-0.39, 0.29) is 18.0 Å². The van der Waals surface area contributed by atoms with Gasteiger partial charge in [-0.25, -0.2) is 0 Å². The molecule has 0 aromatic heterocycles. The Hall–Kier alpha value is -2.08. The van der Waals surface area contributed by atoms with Crippen LogP contribution in [-0.2, 0) is 11.2 Å². The van der Waals surface area contributed by atoms with Crippen molar-refractivity contribution in [2.75, 3.05) is 40.3 Å². The smallest absolute Gasteiger partial charge is 0.222 e. The molecule has 0 saturated carbocycles. The van der Waals surface area contributed by atoms with E-state index in [9.17, 15) is 4.79 Å². The van der Waals surface area contributed by atoms with Gasteiger partial charge < -0.3 is 20.4 Å². The molecule has 1 aromatic carbocycles. The predicted molar refractivity (Wildman–Crippen MR) is 117 cm³/mol. The van der Waals surface area contributed by atoms with Crippen LogP contribution in [0, 0.1) is 0 Å². The Kier molecular flexibility index (Phi) is 8.77. The number of hydrogen-bond donors (Lipinski definition) is 2. The zero-order valence-corrected chi connectivity index (χ0v) is 18.2. The molecule has 6 heteroatoms. The molecule has 2 N–H and O–H groups in total. The number of amides is 1. The zero-order chi connectivity index (χ0) is 20.5. The lowest BCUT2D eigenvalue weighted by Gasteiger charge is -2.24. The molecule has 0 bridgehead atoms. The summed E-state index contributed by atoms with van der Waals surface area (Å²) in [6, 6.07) is 9.32. The number of rotatable bonds is 8. The van der Waals surface area contributed by atoms with Crippen LogP contribution in [0.4, 0.5) is 0 Å². The monoisotopic (exact) mass is 387 g/mol. The Morgan fingerprint density at radius 1 is 1.25 bits per heavy atom. The second kappa shape index (κ2) is 11.1. The third kappa shape index (κ3) is 6.23. The van der Waals surface area contributed by atoms with Crippen LogP contribution in [0.5, 0.6) is 0 Å². The van der Waals surface area contributed by atoms with E-state index in [1.165, 1.54) is 11.1 Å². The first-order valence-electron chi connectivity index (χ1n) is 10.6. The van der Waals surface area contributed by atoms with Crippen molar-refractivity contribution in [2.45, 2.75) is 52.1 Å². The Morgan fingerprint density at radius 3 is 2.54 bits per heavy atom. The van der Waals surface area contributed by atoms with Gasteiger partial charge in [0.1, 0.15) is 0 Å². The molecule has 1 aliphatic rings. The number of benzene rings is 1. The molecule has 1 aromatic rings. The fraction of sp³-hybridized carbons (Fsp3) is 0.636. The number of aryl methyl sites for hydroxylation is 1. The number of nitrogens with zero attached hydrogens (tertiary/aromatic N) is 3. The second-order valence-electron chi connectivity index (χ2n) is 7.62. The van der Waals surface area contributed by atoms with Gasteiger partial charge in [-0.05, 0) is 45.0 Å². The van der Waals surface area contributed by atoms with Crippen LogP contribution in [0.2, 0.25) is 0 Å². The number of hydrogen-bond acceptors (Lipinski definition) is 3. The van der Waals surface area contributed by atoms with Gasteiger partial charge in [0.2, 0.25) is 5.91 Å². The summed E-state index contributed by atoms with van der Waals surface area (Å²) in [6.45, 7) is 9.25. The fourth-order valence-corrected chi connectivity index (χ4v) is 3.56. The minimum Gasteiger partial charge on any atom is -0.357 e. The number of likely N-dealkylation sites (tertiary alicyclic amines) is 1. The van der Waals surface area contributed by atoms with Gasteiger partial charge in [-0.2, -0.15) is 0 Å². The van der Waals surface area contributed by atoms with Crippen molar-refractivity contribution < 1.29 is 4.79 Å². The Labute approximate surface area is 170 Å². The third-order valence-corrected chi connectivity index (χ3v) is 5.35. The molecule has 1 fully saturated rings. The average Bonchev–Trinajstić information content (AvgIpc) is 3.16. The van der Waals surface area contributed by atoms with E-state index in [0.29, 0.717) is 13.0 Å². The molecule has 0 spiro atoms. The predicted octanol–water partition coefficient (Wildman–Crippen LogP) is 2.42. The van der Waals surface area contributed by atoms with Crippen LogP contribution in [0.3, 0.4) is 0 Å². The van der Waals surface area contributed by atoms with Crippen LogP contribution in [0.15, 0.2) is 29.3 Å². The van der Waals surface area contributed by atoms with Gasteiger partial charge in [-0.15, -0.1) is 0 Å². The summed E-state index contributed by atoms with van der Waals surface area (Å²) in [4.78, 5) is 20.9. The van der Waals surface area contributed by atoms with Crippen molar-refractivity contribution >= 4 is 11.9 Å². The van der Waals surface area contributed by atoms with Crippen molar-refractivity contribution in [1.29, 1.82) is 0 Å². The van der Waals surface area contributed by atoms with E-state index >= 15 is 0 Å². The lowest BCUT2D eigenvalue weighted by molar-refractivity contribution is -0.129. The maximum absolute atomic E-state index is 11.9. The quantitative estimate of drug-likeness (QED) is 0.531. The largest absolute Gasteiger partial charge is 0.357 e. The van der Waals surface area contributed by atoms with Crippen molar-refractivity contribution in [1.82, 2.24) is 20.4 Å². The minimum absolute atomic E-state index is 0.225. The maximum Gasteiger partial charge on any atom is 0.222 e. The number of aliphatic imine (C=N–C) groups is 1. The number of guanidine groups is 1.